The third-order valence-corrected chi connectivity index (χ3v) is 4.73. The van der Waals surface area contributed by atoms with E-state index in [-0.39, 0.29) is 6.04 Å². The Morgan fingerprint density at radius 1 is 1.30 bits per heavy atom. The summed E-state index contributed by atoms with van der Waals surface area (Å²) in [5.41, 5.74) is 0.314. The minimum Gasteiger partial charge on any atom is -0.508 e. The fraction of sp³-hybridized carbons (Fsp3) is 0.625. The summed E-state index contributed by atoms with van der Waals surface area (Å²) >= 11 is 3.44. The van der Waals surface area contributed by atoms with E-state index < -0.39 is 5.60 Å². The third kappa shape index (κ3) is 3.96. The van der Waals surface area contributed by atoms with Crippen molar-refractivity contribution in [3.63, 3.8) is 0 Å². The van der Waals surface area contributed by atoms with Gasteiger partial charge in [0.25, 0.3) is 0 Å². The van der Waals surface area contributed by atoms with E-state index >= 15 is 0 Å². The molecule has 2 rings (SSSR count). The average molecular weight is 342 g/mol. The first-order chi connectivity index (χ1) is 9.54. The molecule has 112 valence electrons. The number of aromatic hydroxyl groups is 1. The van der Waals surface area contributed by atoms with E-state index in [1.807, 2.05) is 12.1 Å². The Labute approximate surface area is 129 Å². The standard InChI is InChI=1S/C16H24BrNO2/c1-2-14(13-10-12(17)6-7-15(13)19)18-11-16(20)8-4-3-5-9-16/h6-7,10,14,18-20H,2-5,8-9,11H2,1H3. The highest BCUT2D eigenvalue weighted by Gasteiger charge is 2.29. The van der Waals surface area contributed by atoms with Crippen LogP contribution < -0.4 is 5.32 Å². The predicted molar refractivity (Wildman–Crippen MR) is 84.9 cm³/mol. The lowest BCUT2D eigenvalue weighted by Gasteiger charge is -2.34. The van der Waals surface area contributed by atoms with Crippen molar-refractivity contribution in [1.82, 2.24) is 5.32 Å². The summed E-state index contributed by atoms with van der Waals surface area (Å²) in [4.78, 5) is 0. The van der Waals surface area contributed by atoms with E-state index in [4.69, 9.17) is 0 Å². The molecule has 0 bridgehead atoms. The van der Waals surface area contributed by atoms with Gasteiger partial charge in [0.1, 0.15) is 5.75 Å². The number of hydrogen-bond donors (Lipinski definition) is 3. The molecule has 20 heavy (non-hydrogen) atoms. The second-order valence-electron chi connectivity index (χ2n) is 5.83. The van der Waals surface area contributed by atoms with Gasteiger partial charge in [0.2, 0.25) is 0 Å². The van der Waals surface area contributed by atoms with Crippen LogP contribution in [0.4, 0.5) is 0 Å². The number of rotatable bonds is 5. The molecule has 3 N–H and O–H groups in total. The molecule has 0 amide bonds. The van der Waals surface area contributed by atoms with Gasteiger partial charge in [-0.15, -0.1) is 0 Å². The van der Waals surface area contributed by atoms with Crippen LogP contribution in [0, 0.1) is 0 Å². The van der Waals surface area contributed by atoms with E-state index in [9.17, 15) is 10.2 Å². The van der Waals surface area contributed by atoms with Crippen molar-refractivity contribution < 1.29 is 10.2 Å². The van der Waals surface area contributed by atoms with Gasteiger partial charge in [0.15, 0.2) is 0 Å². The first-order valence-electron chi connectivity index (χ1n) is 7.48. The molecular weight excluding hydrogens is 318 g/mol. The summed E-state index contributed by atoms with van der Waals surface area (Å²) in [6.07, 6.45) is 6.07. The lowest BCUT2D eigenvalue weighted by Crippen LogP contribution is -2.43. The molecule has 0 radical (unpaired) electrons. The summed E-state index contributed by atoms with van der Waals surface area (Å²) in [5, 5.41) is 24.0. The molecule has 1 aliphatic carbocycles. The summed E-state index contributed by atoms with van der Waals surface area (Å²) in [6, 6.07) is 5.55. The first kappa shape index (κ1) is 15.8. The van der Waals surface area contributed by atoms with Crippen LogP contribution in [-0.2, 0) is 0 Å². The SMILES string of the molecule is CCC(NCC1(O)CCCCC1)c1cc(Br)ccc1O. The molecule has 1 fully saturated rings. The van der Waals surface area contributed by atoms with Crippen molar-refractivity contribution in [2.75, 3.05) is 6.54 Å². The molecule has 1 aliphatic rings. The summed E-state index contributed by atoms with van der Waals surface area (Å²) in [5.74, 6) is 0.309. The smallest absolute Gasteiger partial charge is 0.120 e. The molecule has 0 aromatic heterocycles. The topological polar surface area (TPSA) is 52.5 Å². The molecule has 3 nitrogen and oxygen atoms in total. The van der Waals surface area contributed by atoms with Crippen LogP contribution in [0.1, 0.15) is 57.1 Å². The molecule has 0 saturated heterocycles. The maximum atomic E-state index is 10.6. The van der Waals surface area contributed by atoms with Gasteiger partial charge in [-0.05, 0) is 37.5 Å². The van der Waals surface area contributed by atoms with Crippen LogP contribution in [0.15, 0.2) is 22.7 Å². The van der Waals surface area contributed by atoms with Crippen molar-refractivity contribution in [2.45, 2.75) is 57.1 Å². The van der Waals surface area contributed by atoms with Crippen LogP contribution >= 0.6 is 15.9 Å². The number of benzene rings is 1. The number of phenols is 1. The molecule has 1 aromatic rings. The van der Waals surface area contributed by atoms with E-state index in [1.54, 1.807) is 6.07 Å². The molecule has 4 heteroatoms. The van der Waals surface area contributed by atoms with Crippen LogP contribution in [0.25, 0.3) is 0 Å². The number of halogens is 1. The zero-order valence-electron chi connectivity index (χ0n) is 12.0. The van der Waals surface area contributed by atoms with Crippen molar-refractivity contribution in [1.29, 1.82) is 0 Å². The Hall–Kier alpha value is -0.580. The average Bonchev–Trinajstić information content (AvgIpc) is 2.44. The van der Waals surface area contributed by atoms with Crippen molar-refractivity contribution in [3.05, 3.63) is 28.2 Å². The number of phenolic OH excluding ortho intramolecular Hbond substituents is 1. The van der Waals surface area contributed by atoms with Gasteiger partial charge in [-0.2, -0.15) is 0 Å². The minimum absolute atomic E-state index is 0.0680. The van der Waals surface area contributed by atoms with Crippen molar-refractivity contribution in [2.24, 2.45) is 0 Å². The fourth-order valence-corrected chi connectivity index (χ4v) is 3.36. The zero-order valence-corrected chi connectivity index (χ0v) is 13.6. The maximum Gasteiger partial charge on any atom is 0.120 e. The minimum atomic E-state index is -0.576. The molecular formula is C16H24BrNO2. The monoisotopic (exact) mass is 341 g/mol. The molecule has 1 aromatic carbocycles. The summed E-state index contributed by atoms with van der Waals surface area (Å²) < 4.78 is 0.960. The predicted octanol–water partition coefficient (Wildman–Crippen LogP) is 3.89. The summed E-state index contributed by atoms with van der Waals surface area (Å²) in [7, 11) is 0. The molecule has 1 atom stereocenters. The molecule has 1 unspecified atom stereocenters. The zero-order chi connectivity index (χ0) is 14.6. The number of nitrogens with one attached hydrogen (secondary N) is 1. The number of aliphatic hydroxyl groups is 1. The van der Waals surface area contributed by atoms with E-state index in [0.717, 1.165) is 42.1 Å². The van der Waals surface area contributed by atoms with E-state index in [2.05, 4.69) is 28.2 Å². The molecule has 1 saturated carbocycles. The van der Waals surface area contributed by atoms with E-state index in [0.29, 0.717) is 12.3 Å². The highest BCUT2D eigenvalue weighted by atomic mass is 79.9. The van der Waals surface area contributed by atoms with Crippen LogP contribution in [0.3, 0.4) is 0 Å². The Balaban J connectivity index is 2.03. The third-order valence-electron chi connectivity index (χ3n) is 4.24. The Morgan fingerprint density at radius 2 is 2.00 bits per heavy atom. The van der Waals surface area contributed by atoms with Gasteiger partial charge in [0.05, 0.1) is 5.60 Å². The highest BCUT2D eigenvalue weighted by Crippen LogP contribution is 2.31. The Kier molecular flexibility index (Phi) is 5.47. The van der Waals surface area contributed by atoms with Crippen LogP contribution in [0.5, 0.6) is 5.75 Å². The lowest BCUT2D eigenvalue weighted by atomic mass is 9.84. The van der Waals surface area contributed by atoms with Crippen LogP contribution in [-0.4, -0.2) is 22.4 Å². The quantitative estimate of drug-likeness (QED) is 0.761. The fourth-order valence-electron chi connectivity index (χ4n) is 2.98. The normalized spacial score (nSPS) is 19.8. The van der Waals surface area contributed by atoms with Gasteiger partial charge in [0, 0.05) is 22.6 Å². The van der Waals surface area contributed by atoms with Gasteiger partial charge in [-0.1, -0.05) is 42.1 Å². The molecule has 0 spiro atoms. The largest absolute Gasteiger partial charge is 0.508 e. The summed E-state index contributed by atoms with van der Waals surface area (Å²) in [6.45, 7) is 2.68. The number of hydrogen-bond acceptors (Lipinski definition) is 3. The van der Waals surface area contributed by atoms with Gasteiger partial charge in [-0.25, -0.2) is 0 Å². The molecule has 0 aliphatic heterocycles. The van der Waals surface area contributed by atoms with Gasteiger partial charge >= 0.3 is 0 Å². The van der Waals surface area contributed by atoms with Crippen LogP contribution in [0.2, 0.25) is 0 Å². The van der Waals surface area contributed by atoms with Crippen molar-refractivity contribution >= 4 is 15.9 Å². The lowest BCUT2D eigenvalue weighted by molar-refractivity contribution is 0.00242. The molecule has 0 heterocycles. The first-order valence-corrected chi connectivity index (χ1v) is 8.27. The Morgan fingerprint density at radius 3 is 2.65 bits per heavy atom. The maximum absolute atomic E-state index is 10.6. The van der Waals surface area contributed by atoms with Gasteiger partial charge in [-0.3, -0.25) is 0 Å². The second-order valence-corrected chi connectivity index (χ2v) is 6.75. The van der Waals surface area contributed by atoms with E-state index in [1.165, 1.54) is 6.42 Å². The van der Waals surface area contributed by atoms with Gasteiger partial charge < -0.3 is 15.5 Å². The highest BCUT2D eigenvalue weighted by molar-refractivity contribution is 9.10. The van der Waals surface area contributed by atoms with Crippen molar-refractivity contribution in [3.8, 4) is 5.75 Å². The Bertz CT molecular complexity index is 444. The second kappa shape index (κ2) is 6.92.